The van der Waals surface area contributed by atoms with E-state index in [0.717, 1.165) is 54.4 Å². The summed E-state index contributed by atoms with van der Waals surface area (Å²) in [6.07, 6.45) is 7.11. The number of rotatable bonds is 3. The van der Waals surface area contributed by atoms with Crippen molar-refractivity contribution in [2.24, 2.45) is 0 Å². The topological polar surface area (TPSA) is 65.7 Å². The normalized spacial score (nSPS) is 14.4. The largest absolute Gasteiger partial charge is 0.352 e. The Morgan fingerprint density at radius 2 is 2.09 bits per heavy atom. The van der Waals surface area contributed by atoms with Crippen LogP contribution in [0.2, 0.25) is 0 Å². The molecule has 0 N–H and O–H groups in total. The van der Waals surface area contributed by atoms with Crippen molar-refractivity contribution in [1.82, 2.24) is 15.0 Å². The van der Waals surface area contributed by atoms with Crippen LogP contribution in [-0.2, 0) is 6.42 Å². The van der Waals surface area contributed by atoms with Crippen molar-refractivity contribution in [1.29, 1.82) is 5.26 Å². The number of nitrogens with zero attached hydrogens (tertiary/aromatic N) is 5. The molecule has 0 bridgehead atoms. The summed E-state index contributed by atoms with van der Waals surface area (Å²) >= 11 is 0. The molecule has 0 aliphatic carbocycles. The lowest BCUT2D eigenvalue weighted by Crippen LogP contribution is -2.29. The molecule has 2 aromatic heterocycles. The molecule has 0 aromatic carbocycles. The molecule has 0 unspecified atom stereocenters. The Bertz CT molecular complexity index is 730. The molecule has 0 atom stereocenters. The fraction of sp³-hybridized carbons (Fsp3) is 0.294. The zero-order chi connectivity index (χ0) is 15.4. The lowest BCUT2D eigenvalue weighted by molar-refractivity contribution is 0.784. The van der Waals surface area contributed by atoms with E-state index >= 15 is 0 Å². The zero-order valence-electron chi connectivity index (χ0n) is 12.5. The summed E-state index contributed by atoms with van der Waals surface area (Å²) in [6, 6.07) is 8.11. The first kappa shape index (κ1) is 14.2. The van der Waals surface area contributed by atoms with Crippen LogP contribution in [0.15, 0.2) is 42.2 Å². The molecule has 0 fully saturated rings. The number of pyridine rings is 1. The van der Waals surface area contributed by atoms with Crippen LogP contribution in [0.3, 0.4) is 0 Å². The zero-order valence-corrected chi connectivity index (χ0v) is 12.5. The van der Waals surface area contributed by atoms with E-state index in [2.05, 4.69) is 27.9 Å². The third-order valence-corrected chi connectivity index (χ3v) is 3.74. The molecular formula is C17H17N5. The quantitative estimate of drug-likeness (QED) is 0.870. The monoisotopic (exact) mass is 291 g/mol. The fourth-order valence-electron chi connectivity index (χ4n) is 2.44. The molecule has 1 aliphatic heterocycles. The van der Waals surface area contributed by atoms with Crippen LogP contribution < -0.4 is 4.90 Å². The third-order valence-electron chi connectivity index (χ3n) is 3.74. The average Bonchev–Trinajstić information content (AvgIpc) is 2.62. The van der Waals surface area contributed by atoms with Crippen LogP contribution >= 0.6 is 0 Å². The highest BCUT2D eigenvalue weighted by atomic mass is 15.2. The highest BCUT2D eigenvalue weighted by Gasteiger charge is 2.15. The van der Waals surface area contributed by atoms with Crippen LogP contribution in [-0.4, -0.2) is 28.0 Å². The summed E-state index contributed by atoms with van der Waals surface area (Å²) in [5.74, 6) is 1.65. The molecule has 1 aliphatic rings. The van der Waals surface area contributed by atoms with Gasteiger partial charge in [-0.1, -0.05) is 13.0 Å². The van der Waals surface area contributed by atoms with Gasteiger partial charge in [0.05, 0.1) is 6.07 Å². The average molecular weight is 291 g/mol. The molecule has 5 nitrogen and oxygen atoms in total. The van der Waals surface area contributed by atoms with Gasteiger partial charge in [0, 0.05) is 48.4 Å². The van der Waals surface area contributed by atoms with Gasteiger partial charge in [-0.05, 0) is 25.0 Å². The predicted octanol–water partition coefficient (Wildman–Crippen LogP) is 2.76. The molecule has 0 saturated carbocycles. The van der Waals surface area contributed by atoms with Gasteiger partial charge in [-0.2, -0.15) is 5.26 Å². The Kier molecular flexibility index (Phi) is 4.10. The molecule has 3 heterocycles. The molecule has 5 heteroatoms. The van der Waals surface area contributed by atoms with Crippen LogP contribution in [0, 0.1) is 11.3 Å². The van der Waals surface area contributed by atoms with E-state index in [0.29, 0.717) is 0 Å². The lowest BCUT2D eigenvalue weighted by atomic mass is 10.1. The molecule has 3 rings (SSSR count). The molecule has 0 amide bonds. The van der Waals surface area contributed by atoms with E-state index in [1.165, 1.54) is 0 Å². The highest BCUT2D eigenvalue weighted by Crippen LogP contribution is 2.22. The Labute approximate surface area is 130 Å². The fourth-order valence-corrected chi connectivity index (χ4v) is 2.44. The van der Waals surface area contributed by atoms with Crippen molar-refractivity contribution < 1.29 is 0 Å². The van der Waals surface area contributed by atoms with E-state index in [-0.39, 0.29) is 0 Å². The summed E-state index contributed by atoms with van der Waals surface area (Å²) in [4.78, 5) is 15.5. The summed E-state index contributed by atoms with van der Waals surface area (Å²) < 4.78 is 0. The second-order valence-corrected chi connectivity index (χ2v) is 5.17. The van der Waals surface area contributed by atoms with Crippen molar-refractivity contribution >= 4 is 5.82 Å². The maximum absolute atomic E-state index is 8.95. The van der Waals surface area contributed by atoms with Gasteiger partial charge in [0.2, 0.25) is 0 Å². The first-order valence-corrected chi connectivity index (χ1v) is 7.42. The number of hydrogen-bond acceptors (Lipinski definition) is 5. The highest BCUT2D eigenvalue weighted by molar-refractivity contribution is 5.57. The predicted molar refractivity (Wildman–Crippen MR) is 85.2 cm³/mol. The van der Waals surface area contributed by atoms with Crippen molar-refractivity contribution in [2.75, 3.05) is 18.0 Å². The van der Waals surface area contributed by atoms with Crippen molar-refractivity contribution in [3.05, 3.63) is 47.9 Å². The summed E-state index contributed by atoms with van der Waals surface area (Å²) in [5, 5.41) is 8.95. The first-order valence-electron chi connectivity index (χ1n) is 7.42. The van der Waals surface area contributed by atoms with Crippen molar-refractivity contribution in [2.45, 2.75) is 19.8 Å². The maximum atomic E-state index is 8.95. The smallest absolute Gasteiger partial charge is 0.161 e. The molecule has 22 heavy (non-hydrogen) atoms. The van der Waals surface area contributed by atoms with E-state index in [1.54, 1.807) is 12.4 Å². The molecule has 2 aromatic rings. The van der Waals surface area contributed by atoms with Crippen LogP contribution in [0.5, 0.6) is 0 Å². The third kappa shape index (κ3) is 2.96. The Hall–Kier alpha value is -2.74. The lowest BCUT2D eigenvalue weighted by Gasteiger charge is -2.26. The number of hydrogen-bond donors (Lipinski definition) is 0. The molecule has 110 valence electrons. The summed E-state index contributed by atoms with van der Waals surface area (Å²) in [6.45, 7) is 3.63. The second kappa shape index (κ2) is 6.35. The van der Waals surface area contributed by atoms with Gasteiger partial charge in [-0.3, -0.25) is 4.98 Å². The minimum absolute atomic E-state index is 0.721. The Morgan fingerprint density at radius 3 is 2.73 bits per heavy atom. The van der Waals surface area contributed by atoms with Crippen LogP contribution in [0.4, 0.5) is 5.82 Å². The van der Waals surface area contributed by atoms with Gasteiger partial charge in [-0.15, -0.1) is 0 Å². The number of nitriles is 1. The van der Waals surface area contributed by atoms with Crippen molar-refractivity contribution in [3.63, 3.8) is 0 Å². The van der Waals surface area contributed by atoms with E-state index in [1.807, 2.05) is 24.3 Å². The van der Waals surface area contributed by atoms with Gasteiger partial charge < -0.3 is 4.90 Å². The Balaban J connectivity index is 1.95. The van der Waals surface area contributed by atoms with E-state index in [4.69, 9.17) is 10.2 Å². The standard InChI is InChI=1S/C17H17N5/c1-2-15-11-16(22-9-5-13(12-18)6-10-22)21-17(20-15)14-3-7-19-8-4-14/h3-5,7-8,11H,2,6,9-10H2,1H3. The van der Waals surface area contributed by atoms with Gasteiger partial charge in [0.15, 0.2) is 5.82 Å². The molecular weight excluding hydrogens is 274 g/mol. The van der Waals surface area contributed by atoms with Gasteiger partial charge in [0.25, 0.3) is 0 Å². The van der Waals surface area contributed by atoms with Crippen molar-refractivity contribution in [3.8, 4) is 17.5 Å². The van der Waals surface area contributed by atoms with E-state index < -0.39 is 0 Å². The SMILES string of the molecule is CCc1cc(N2CC=C(C#N)CC2)nc(-c2ccncc2)n1. The minimum atomic E-state index is 0.721. The molecule has 0 spiro atoms. The first-order chi connectivity index (χ1) is 10.8. The number of aryl methyl sites for hydroxylation is 1. The number of anilines is 1. The van der Waals surface area contributed by atoms with Gasteiger partial charge in [-0.25, -0.2) is 9.97 Å². The van der Waals surface area contributed by atoms with Crippen LogP contribution in [0.25, 0.3) is 11.4 Å². The maximum Gasteiger partial charge on any atom is 0.161 e. The minimum Gasteiger partial charge on any atom is -0.352 e. The molecule has 0 saturated heterocycles. The number of aromatic nitrogens is 3. The summed E-state index contributed by atoms with van der Waals surface area (Å²) in [5.41, 5.74) is 2.85. The second-order valence-electron chi connectivity index (χ2n) is 5.17. The van der Waals surface area contributed by atoms with Gasteiger partial charge in [0.1, 0.15) is 5.82 Å². The summed E-state index contributed by atoms with van der Waals surface area (Å²) in [7, 11) is 0. The van der Waals surface area contributed by atoms with E-state index in [9.17, 15) is 0 Å². The molecule has 0 radical (unpaired) electrons. The Morgan fingerprint density at radius 1 is 1.27 bits per heavy atom. The van der Waals surface area contributed by atoms with Gasteiger partial charge >= 0.3 is 0 Å². The van der Waals surface area contributed by atoms with Crippen LogP contribution in [0.1, 0.15) is 19.0 Å².